The van der Waals surface area contributed by atoms with Crippen LogP contribution in [-0.4, -0.2) is 35.6 Å². The number of anilines is 4. The van der Waals surface area contributed by atoms with E-state index in [1.807, 2.05) is 44.2 Å². The molecule has 0 radical (unpaired) electrons. The molecule has 1 fully saturated rings. The zero-order valence-corrected chi connectivity index (χ0v) is 15.2. The van der Waals surface area contributed by atoms with Gasteiger partial charge < -0.3 is 20.7 Å². The Kier molecular flexibility index (Phi) is 6.01. The minimum atomic E-state index is 0.0371. The van der Waals surface area contributed by atoms with Gasteiger partial charge in [-0.05, 0) is 51.0 Å². The standard InChI is InChI=1S/C19H25N5O2/c1-3-20-17-12-18(22-13(2)21-17)23-15-4-6-16(7-5-15)24-19(25)14-8-10-26-11-9-14/h4-7,12,14H,3,8-11H2,1-2H3,(H,24,25)(H2,20,21,22,23). The van der Waals surface area contributed by atoms with Gasteiger partial charge >= 0.3 is 0 Å². The summed E-state index contributed by atoms with van der Waals surface area (Å²) in [5, 5.41) is 9.44. The number of carbonyl (C=O) groups is 1. The molecule has 1 saturated heterocycles. The summed E-state index contributed by atoms with van der Waals surface area (Å²) in [5.41, 5.74) is 1.69. The van der Waals surface area contributed by atoms with Crippen molar-refractivity contribution in [3.8, 4) is 0 Å². The molecule has 2 heterocycles. The highest BCUT2D eigenvalue weighted by Crippen LogP contribution is 2.21. The zero-order chi connectivity index (χ0) is 18.4. The second-order valence-corrected chi connectivity index (χ2v) is 6.29. The van der Waals surface area contributed by atoms with Gasteiger partial charge in [-0.25, -0.2) is 9.97 Å². The van der Waals surface area contributed by atoms with E-state index in [9.17, 15) is 4.79 Å². The fourth-order valence-corrected chi connectivity index (χ4v) is 2.89. The number of nitrogens with zero attached hydrogens (tertiary/aromatic N) is 2. The van der Waals surface area contributed by atoms with E-state index in [1.165, 1.54) is 0 Å². The highest BCUT2D eigenvalue weighted by molar-refractivity contribution is 5.92. The molecule has 2 aromatic rings. The summed E-state index contributed by atoms with van der Waals surface area (Å²) in [4.78, 5) is 21.0. The van der Waals surface area contributed by atoms with E-state index in [0.29, 0.717) is 19.0 Å². The summed E-state index contributed by atoms with van der Waals surface area (Å²) in [7, 11) is 0. The Morgan fingerprint density at radius 2 is 1.77 bits per heavy atom. The number of aryl methyl sites for hydroxylation is 1. The van der Waals surface area contributed by atoms with Gasteiger partial charge in [-0.15, -0.1) is 0 Å². The summed E-state index contributed by atoms with van der Waals surface area (Å²) in [6.45, 7) is 6.01. The second-order valence-electron chi connectivity index (χ2n) is 6.29. The summed E-state index contributed by atoms with van der Waals surface area (Å²) >= 11 is 0. The fourth-order valence-electron chi connectivity index (χ4n) is 2.89. The van der Waals surface area contributed by atoms with Gasteiger partial charge in [0.05, 0.1) is 0 Å². The Balaban J connectivity index is 1.61. The fraction of sp³-hybridized carbons (Fsp3) is 0.421. The van der Waals surface area contributed by atoms with Crippen molar-refractivity contribution >= 4 is 28.9 Å². The first kappa shape index (κ1) is 18.1. The molecular weight excluding hydrogens is 330 g/mol. The lowest BCUT2D eigenvalue weighted by atomic mass is 9.99. The van der Waals surface area contributed by atoms with Gasteiger partial charge in [0.25, 0.3) is 0 Å². The van der Waals surface area contributed by atoms with E-state index in [-0.39, 0.29) is 11.8 Å². The molecule has 0 spiro atoms. The number of hydrogen-bond acceptors (Lipinski definition) is 6. The van der Waals surface area contributed by atoms with Crippen LogP contribution in [0, 0.1) is 12.8 Å². The molecule has 1 aromatic carbocycles. The second kappa shape index (κ2) is 8.62. The van der Waals surface area contributed by atoms with Crippen LogP contribution in [0.15, 0.2) is 30.3 Å². The van der Waals surface area contributed by atoms with Crippen molar-refractivity contribution in [1.82, 2.24) is 9.97 Å². The van der Waals surface area contributed by atoms with Gasteiger partial charge in [0.2, 0.25) is 5.91 Å². The SMILES string of the molecule is CCNc1cc(Nc2ccc(NC(=O)C3CCOCC3)cc2)nc(C)n1. The van der Waals surface area contributed by atoms with E-state index in [0.717, 1.165) is 42.4 Å². The third-order valence-electron chi connectivity index (χ3n) is 4.21. The van der Waals surface area contributed by atoms with Crippen molar-refractivity contribution < 1.29 is 9.53 Å². The Hall–Kier alpha value is -2.67. The van der Waals surface area contributed by atoms with Crippen LogP contribution in [0.4, 0.5) is 23.0 Å². The van der Waals surface area contributed by atoms with E-state index in [1.54, 1.807) is 0 Å². The predicted molar refractivity (Wildman–Crippen MR) is 103 cm³/mol. The summed E-state index contributed by atoms with van der Waals surface area (Å²) in [6.07, 6.45) is 1.57. The van der Waals surface area contributed by atoms with E-state index in [4.69, 9.17) is 4.74 Å². The Labute approximate surface area is 153 Å². The van der Waals surface area contributed by atoms with Crippen LogP contribution in [0.5, 0.6) is 0 Å². The van der Waals surface area contributed by atoms with Crippen molar-refractivity contribution in [3.63, 3.8) is 0 Å². The molecule has 1 aliphatic rings. The summed E-state index contributed by atoms with van der Waals surface area (Å²) in [6, 6.07) is 9.49. The molecule has 138 valence electrons. The minimum absolute atomic E-state index is 0.0371. The lowest BCUT2D eigenvalue weighted by molar-refractivity contribution is -0.122. The van der Waals surface area contributed by atoms with Crippen LogP contribution in [0.2, 0.25) is 0 Å². The Morgan fingerprint density at radius 3 is 2.46 bits per heavy atom. The number of hydrogen-bond donors (Lipinski definition) is 3. The van der Waals surface area contributed by atoms with Crippen LogP contribution in [-0.2, 0) is 9.53 Å². The summed E-state index contributed by atoms with van der Waals surface area (Å²) < 4.78 is 5.30. The van der Waals surface area contributed by atoms with Crippen molar-refractivity contribution in [3.05, 3.63) is 36.2 Å². The van der Waals surface area contributed by atoms with Crippen LogP contribution < -0.4 is 16.0 Å². The average molecular weight is 355 g/mol. The highest BCUT2D eigenvalue weighted by Gasteiger charge is 2.21. The molecule has 0 saturated carbocycles. The predicted octanol–water partition coefficient (Wildman–Crippen LogP) is 3.33. The molecule has 1 amide bonds. The monoisotopic (exact) mass is 355 g/mol. The number of amides is 1. The average Bonchev–Trinajstić information content (AvgIpc) is 2.64. The number of rotatable bonds is 6. The zero-order valence-electron chi connectivity index (χ0n) is 15.2. The number of nitrogens with one attached hydrogen (secondary N) is 3. The summed E-state index contributed by atoms with van der Waals surface area (Å²) in [5.74, 6) is 2.33. The molecule has 3 rings (SSSR count). The number of carbonyl (C=O) groups excluding carboxylic acids is 1. The first-order valence-electron chi connectivity index (χ1n) is 8.99. The van der Waals surface area contributed by atoms with E-state index < -0.39 is 0 Å². The molecule has 0 aliphatic carbocycles. The number of benzene rings is 1. The molecule has 0 atom stereocenters. The minimum Gasteiger partial charge on any atom is -0.381 e. The largest absolute Gasteiger partial charge is 0.381 e. The van der Waals surface area contributed by atoms with Gasteiger partial charge in [0.15, 0.2) is 0 Å². The number of aromatic nitrogens is 2. The molecule has 26 heavy (non-hydrogen) atoms. The van der Waals surface area contributed by atoms with Gasteiger partial charge in [-0.1, -0.05) is 0 Å². The maximum absolute atomic E-state index is 12.3. The van der Waals surface area contributed by atoms with Crippen LogP contribution in [0.25, 0.3) is 0 Å². The Morgan fingerprint density at radius 1 is 1.12 bits per heavy atom. The molecule has 1 aromatic heterocycles. The van der Waals surface area contributed by atoms with Gasteiger partial charge in [-0.3, -0.25) is 4.79 Å². The molecular formula is C19H25N5O2. The van der Waals surface area contributed by atoms with Crippen LogP contribution in [0.3, 0.4) is 0 Å². The molecule has 0 unspecified atom stereocenters. The van der Waals surface area contributed by atoms with Crippen molar-refractivity contribution in [1.29, 1.82) is 0 Å². The normalized spacial score (nSPS) is 14.7. The molecule has 1 aliphatic heterocycles. The van der Waals surface area contributed by atoms with Crippen molar-refractivity contribution in [2.75, 3.05) is 35.7 Å². The topological polar surface area (TPSA) is 88.2 Å². The van der Waals surface area contributed by atoms with Gasteiger partial charge in [0, 0.05) is 43.1 Å². The van der Waals surface area contributed by atoms with Gasteiger partial charge in [-0.2, -0.15) is 0 Å². The smallest absolute Gasteiger partial charge is 0.227 e. The maximum Gasteiger partial charge on any atom is 0.227 e. The third kappa shape index (κ3) is 4.92. The Bertz CT molecular complexity index is 742. The first-order valence-corrected chi connectivity index (χ1v) is 8.99. The molecule has 0 bridgehead atoms. The quantitative estimate of drug-likeness (QED) is 0.737. The highest BCUT2D eigenvalue weighted by atomic mass is 16.5. The first-order chi connectivity index (χ1) is 12.6. The molecule has 7 heteroatoms. The molecule has 7 nitrogen and oxygen atoms in total. The lowest BCUT2D eigenvalue weighted by Gasteiger charge is -2.21. The molecule has 3 N–H and O–H groups in total. The number of ether oxygens (including phenoxy) is 1. The van der Waals surface area contributed by atoms with Gasteiger partial charge in [0.1, 0.15) is 17.5 Å². The van der Waals surface area contributed by atoms with Crippen LogP contribution >= 0.6 is 0 Å². The van der Waals surface area contributed by atoms with E-state index >= 15 is 0 Å². The third-order valence-corrected chi connectivity index (χ3v) is 4.21. The van der Waals surface area contributed by atoms with E-state index in [2.05, 4.69) is 25.9 Å². The maximum atomic E-state index is 12.3. The van der Waals surface area contributed by atoms with Crippen LogP contribution in [0.1, 0.15) is 25.6 Å². The van der Waals surface area contributed by atoms with Crippen molar-refractivity contribution in [2.45, 2.75) is 26.7 Å². The van der Waals surface area contributed by atoms with Crippen molar-refractivity contribution in [2.24, 2.45) is 5.92 Å². The lowest BCUT2D eigenvalue weighted by Crippen LogP contribution is -2.28.